The molecule has 2 aliphatic heterocycles. The van der Waals surface area contributed by atoms with E-state index in [-0.39, 0.29) is 11.9 Å². The molecule has 3 rings (SSSR count). The summed E-state index contributed by atoms with van der Waals surface area (Å²) in [6.07, 6.45) is 5.48. The molecule has 5 heteroatoms. The van der Waals surface area contributed by atoms with Crippen molar-refractivity contribution in [1.29, 1.82) is 0 Å². The predicted molar refractivity (Wildman–Crippen MR) is 92.9 cm³/mol. The van der Waals surface area contributed by atoms with Crippen LogP contribution in [0.4, 0.5) is 5.82 Å². The first kappa shape index (κ1) is 16.2. The normalized spacial score (nSPS) is 26.4. The van der Waals surface area contributed by atoms with Gasteiger partial charge in [0.1, 0.15) is 5.82 Å². The Labute approximate surface area is 139 Å². The summed E-state index contributed by atoms with van der Waals surface area (Å²) in [7, 11) is 2.11. The van der Waals surface area contributed by atoms with Crippen molar-refractivity contribution in [2.45, 2.75) is 45.2 Å². The van der Waals surface area contributed by atoms with Crippen molar-refractivity contribution in [1.82, 2.24) is 14.8 Å². The highest BCUT2D eigenvalue weighted by atomic mass is 16.2. The highest BCUT2D eigenvalue weighted by Crippen LogP contribution is 2.24. The van der Waals surface area contributed by atoms with Gasteiger partial charge in [-0.3, -0.25) is 4.79 Å². The number of rotatable bonds is 2. The second-order valence-electron chi connectivity index (χ2n) is 7.05. The Morgan fingerprint density at radius 2 is 2.00 bits per heavy atom. The van der Waals surface area contributed by atoms with Crippen LogP contribution in [0.5, 0.6) is 0 Å². The average Bonchev–Trinajstić information content (AvgIpc) is 2.55. The molecule has 0 radical (unpaired) electrons. The van der Waals surface area contributed by atoms with Gasteiger partial charge in [0.2, 0.25) is 0 Å². The van der Waals surface area contributed by atoms with Crippen LogP contribution in [0.15, 0.2) is 18.3 Å². The fourth-order valence-electron chi connectivity index (χ4n) is 3.75. The molecule has 0 bridgehead atoms. The smallest absolute Gasteiger partial charge is 0.254 e. The van der Waals surface area contributed by atoms with Gasteiger partial charge in [-0.2, -0.15) is 0 Å². The molecule has 1 amide bonds. The molecule has 0 unspecified atom stereocenters. The van der Waals surface area contributed by atoms with Crippen LogP contribution in [0.25, 0.3) is 0 Å². The van der Waals surface area contributed by atoms with Gasteiger partial charge in [0.05, 0.1) is 0 Å². The standard InChI is InChI=1S/C18H28N4O/c1-14-6-4-5-9-21(14)17-12-16(7-8-19-17)18(23)22-11-10-20(3)13-15(22)2/h7-8,12,14-15H,4-6,9-11,13H2,1-3H3/t14-,15-/m0/s1. The first-order valence-electron chi connectivity index (χ1n) is 8.78. The van der Waals surface area contributed by atoms with Crippen LogP contribution in [0.3, 0.4) is 0 Å². The Morgan fingerprint density at radius 3 is 2.74 bits per heavy atom. The molecule has 0 saturated carbocycles. The number of hydrogen-bond donors (Lipinski definition) is 0. The van der Waals surface area contributed by atoms with Gasteiger partial charge in [-0.05, 0) is 52.3 Å². The lowest BCUT2D eigenvalue weighted by Gasteiger charge is -2.38. The van der Waals surface area contributed by atoms with Crippen molar-refractivity contribution in [3.05, 3.63) is 23.9 Å². The highest BCUT2D eigenvalue weighted by Gasteiger charge is 2.27. The zero-order chi connectivity index (χ0) is 16.4. The lowest BCUT2D eigenvalue weighted by atomic mass is 10.0. The number of carbonyl (C=O) groups excluding carboxylic acids is 1. The Bertz CT molecular complexity index is 562. The summed E-state index contributed by atoms with van der Waals surface area (Å²) < 4.78 is 0. The summed E-state index contributed by atoms with van der Waals surface area (Å²) in [5, 5.41) is 0. The molecule has 2 atom stereocenters. The molecule has 23 heavy (non-hydrogen) atoms. The number of hydrogen-bond acceptors (Lipinski definition) is 4. The van der Waals surface area contributed by atoms with Gasteiger partial charge < -0.3 is 14.7 Å². The van der Waals surface area contributed by atoms with E-state index >= 15 is 0 Å². The Hall–Kier alpha value is -1.62. The number of piperazine rings is 1. The average molecular weight is 316 g/mol. The maximum Gasteiger partial charge on any atom is 0.254 e. The molecule has 2 fully saturated rings. The number of piperidine rings is 1. The molecule has 1 aromatic rings. The minimum Gasteiger partial charge on any atom is -0.354 e. The van der Waals surface area contributed by atoms with E-state index in [0.29, 0.717) is 6.04 Å². The summed E-state index contributed by atoms with van der Waals surface area (Å²) >= 11 is 0. The Balaban J connectivity index is 1.77. The molecular formula is C18H28N4O. The second kappa shape index (κ2) is 6.87. The van der Waals surface area contributed by atoms with Crippen LogP contribution >= 0.6 is 0 Å². The van der Waals surface area contributed by atoms with Crippen LogP contribution in [-0.2, 0) is 0 Å². The SMILES string of the molecule is C[C@H]1CN(C)CCN1C(=O)c1ccnc(N2CCCC[C@@H]2C)c1. The van der Waals surface area contributed by atoms with Gasteiger partial charge in [-0.25, -0.2) is 4.98 Å². The minimum absolute atomic E-state index is 0.138. The fraction of sp³-hybridized carbons (Fsp3) is 0.667. The van der Waals surface area contributed by atoms with Gasteiger partial charge in [0, 0.05) is 50.0 Å². The molecule has 0 aromatic carbocycles. The lowest BCUT2D eigenvalue weighted by Crippen LogP contribution is -2.52. The van der Waals surface area contributed by atoms with Crippen LogP contribution < -0.4 is 4.90 Å². The third-order valence-corrected chi connectivity index (χ3v) is 5.18. The van der Waals surface area contributed by atoms with E-state index in [4.69, 9.17) is 0 Å². The molecule has 1 aromatic heterocycles. The number of anilines is 1. The van der Waals surface area contributed by atoms with E-state index in [1.54, 1.807) is 6.20 Å². The fourth-order valence-corrected chi connectivity index (χ4v) is 3.75. The molecule has 2 saturated heterocycles. The van der Waals surface area contributed by atoms with Crippen molar-refractivity contribution in [2.24, 2.45) is 0 Å². The number of likely N-dealkylation sites (N-methyl/N-ethyl adjacent to an activating group) is 1. The zero-order valence-corrected chi connectivity index (χ0v) is 14.5. The Kier molecular flexibility index (Phi) is 4.85. The Morgan fingerprint density at radius 1 is 1.17 bits per heavy atom. The highest BCUT2D eigenvalue weighted by molar-refractivity contribution is 5.95. The number of carbonyl (C=O) groups is 1. The summed E-state index contributed by atoms with van der Waals surface area (Å²) in [5.41, 5.74) is 0.768. The first-order valence-corrected chi connectivity index (χ1v) is 8.78. The van der Waals surface area contributed by atoms with Crippen LogP contribution in [0.2, 0.25) is 0 Å². The van der Waals surface area contributed by atoms with Gasteiger partial charge >= 0.3 is 0 Å². The maximum atomic E-state index is 12.9. The molecule has 0 aliphatic carbocycles. The topological polar surface area (TPSA) is 39.7 Å². The summed E-state index contributed by atoms with van der Waals surface area (Å²) in [4.78, 5) is 24.0. The van der Waals surface area contributed by atoms with Crippen molar-refractivity contribution in [2.75, 3.05) is 38.1 Å². The maximum absolute atomic E-state index is 12.9. The number of aromatic nitrogens is 1. The van der Waals surface area contributed by atoms with E-state index in [1.165, 1.54) is 19.3 Å². The van der Waals surface area contributed by atoms with E-state index < -0.39 is 0 Å². The van der Waals surface area contributed by atoms with Gasteiger partial charge in [-0.15, -0.1) is 0 Å². The largest absolute Gasteiger partial charge is 0.354 e. The van der Waals surface area contributed by atoms with E-state index in [2.05, 4.69) is 35.7 Å². The molecule has 2 aliphatic rings. The third-order valence-electron chi connectivity index (χ3n) is 5.18. The van der Waals surface area contributed by atoms with Crippen LogP contribution in [0.1, 0.15) is 43.5 Å². The summed E-state index contributed by atoms with van der Waals surface area (Å²) in [6, 6.07) is 4.59. The number of nitrogens with zero attached hydrogens (tertiary/aromatic N) is 4. The summed E-state index contributed by atoms with van der Waals surface area (Å²) in [6.45, 7) is 8.09. The second-order valence-corrected chi connectivity index (χ2v) is 7.05. The molecular weight excluding hydrogens is 288 g/mol. The van der Waals surface area contributed by atoms with E-state index in [1.807, 2.05) is 17.0 Å². The number of pyridine rings is 1. The minimum atomic E-state index is 0.138. The molecule has 3 heterocycles. The van der Waals surface area contributed by atoms with Crippen molar-refractivity contribution in [3.63, 3.8) is 0 Å². The number of amides is 1. The first-order chi connectivity index (χ1) is 11.1. The monoisotopic (exact) mass is 316 g/mol. The molecule has 0 spiro atoms. The van der Waals surface area contributed by atoms with Crippen LogP contribution in [0, 0.1) is 0 Å². The summed E-state index contributed by atoms with van der Waals surface area (Å²) in [5.74, 6) is 1.09. The van der Waals surface area contributed by atoms with E-state index in [9.17, 15) is 4.79 Å². The van der Waals surface area contributed by atoms with Crippen molar-refractivity contribution < 1.29 is 4.79 Å². The van der Waals surface area contributed by atoms with Crippen LogP contribution in [-0.4, -0.2) is 66.0 Å². The van der Waals surface area contributed by atoms with Gasteiger partial charge in [0.15, 0.2) is 0 Å². The molecule has 5 nitrogen and oxygen atoms in total. The molecule has 0 N–H and O–H groups in total. The quantitative estimate of drug-likeness (QED) is 0.839. The zero-order valence-electron chi connectivity index (χ0n) is 14.5. The predicted octanol–water partition coefficient (Wildman–Crippen LogP) is 2.24. The van der Waals surface area contributed by atoms with Gasteiger partial charge in [-0.1, -0.05) is 0 Å². The van der Waals surface area contributed by atoms with E-state index in [0.717, 1.165) is 37.6 Å². The third kappa shape index (κ3) is 3.50. The molecule has 126 valence electrons. The van der Waals surface area contributed by atoms with Crippen molar-refractivity contribution in [3.8, 4) is 0 Å². The van der Waals surface area contributed by atoms with Crippen molar-refractivity contribution >= 4 is 11.7 Å². The van der Waals surface area contributed by atoms with Gasteiger partial charge in [0.25, 0.3) is 5.91 Å². The lowest BCUT2D eigenvalue weighted by molar-refractivity contribution is 0.0533.